The molecule has 130 valence electrons. The number of aryl methyl sites for hydroxylation is 1. The lowest BCUT2D eigenvalue weighted by Crippen LogP contribution is -2.44. The predicted octanol–water partition coefficient (Wildman–Crippen LogP) is 2.71. The molecule has 0 spiro atoms. The number of nitrogens with one attached hydrogen (secondary N) is 1. The van der Waals surface area contributed by atoms with Gasteiger partial charge in [-0.05, 0) is 19.5 Å². The van der Waals surface area contributed by atoms with Crippen LogP contribution in [0.25, 0.3) is 21.3 Å². The van der Waals surface area contributed by atoms with E-state index in [1.165, 1.54) is 5.56 Å². The largest absolute Gasteiger partial charge is 0.309 e. The van der Waals surface area contributed by atoms with Crippen LogP contribution in [0.2, 0.25) is 0 Å². The lowest BCUT2D eigenvalue weighted by molar-refractivity contribution is 0.145. The van der Waals surface area contributed by atoms with Crippen molar-refractivity contribution in [3.05, 3.63) is 51.4 Å². The molecule has 1 saturated heterocycles. The van der Waals surface area contributed by atoms with E-state index in [1.807, 2.05) is 5.38 Å². The minimum absolute atomic E-state index is 0.0362. The van der Waals surface area contributed by atoms with Crippen LogP contribution in [0.15, 0.2) is 34.4 Å². The molecule has 2 aromatic heterocycles. The zero-order chi connectivity index (χ0) is 17.4. The molecule has 0 amide bonds. The van der Waals surface area contributed by atoms with Crippen molar-refractivity contribution in [1.29, 1.82) is 0 Å². The first kappa shape index (κ1) is 16.4. The standard InChI is InChI=1S/C19H22N4OS/c1-13-3-5-14(6-4-13)15-12-25-19-17(15)18(24)20-16(21-19)11-23-9-7-22(2)8-10-23/h3-6,12H,7-11H2,1-2H3,(H,20,21,24). The Morgan fingerprint density at radius 1 is 1.16 bits per heavy atom. The molecule has 1 aliphatic heterocycles. The van der Waals surface area contributed by atoms with Crippen molar-refractivity contribution < 1.29 is 0 Å². The van der Waals surface area contributed by atoms with Gasteiger partial charge in [0.15, 0.2) is 0 Å². The molecular weight excluding hydrogens is 332 g/mol. The van der Waals surface area contributed by atoms with E-state index in [0.717, 1.165) is 48.0 Å². The summed E-state index contributed by atoms with van der Waals surface area (Å²) >= 11 is 1.55. The summed E-state index contributed by atoms with van der Waals surface area (Å²) in [5.74, 6) is 0.763. The monoisotopic (exact) mass is 354 g/mol. The number of fused-ring (bicyclic) bond motifs is 1. The minimum atomic E-state index is -0.0362. The summed E-state index contributed by atoms with van der Waals surface area (Å²) in [6.07, 6.45) is 0. The van der Waals surface area contributed by atoms with Gasteiger partial charge in [-0.1, -0.05) is 29.8 Å². The Morgan fingerprint density at radius 2 is 1.88 bits per heavy atom. The number of nitrogens with zero attached hydrogens (tertiary/aromatic N) is 3. The van der Waals surface area contributed by atoms with Gasteiger partial charge < -0.3 is 9.88 Å². The van der Waals surface area contributed by atoms with E-state index >= 15 is 0 Å². The summed E-state index contributed by atoms with van der Waals surface area (Å²) in [6, 6.07) is 8.27. The average molecular weight is 354 g/mol. The summed E-state index contributed by atoms with van der Waals surface area (Å²) in [5.41, 5.74) is 3.21. The van der Waals surface area contributed by atoms with Gasteiger partial charge in [0.2, 0.25) is 0 Å². The highest BCUT2D eigenvalue weighted by atomic mass is 32.1. The van der Waals surface area contributed by atoms with Gasteiger partial charge in [0.05, 0.1) is 11.9 Å². The summed E-state index contributed by atoms with van der Waals surface area (Å²) in [7, 11) is 2.14. The van der Waals surface area contributed by atoms with Gasteiger partial charge in [0.25, 0.3) is 5.56 Å². The Morgan fingerprint density at radius 3 is 2.60 bits per heavy atom. The smallest absolute Gasteiger partial charge is 0.260 e. The van der Waals surface area contributed by atoms with Crippen LogP contribution < -0.4 is 5.56 Å². The average Bonchev–Trinajstić information content (AvgIpc) is 3.02. The van der Waals surface area contributed by atoms with Gasteiger partial charge in [0, 0.05) is 37.1 Å². The molecule has 0 atom stereocenters. The molecule has 25 heavy (non-hydrogen) atoms. The van der Waals surface area contributed by atoms with E-state index in [1.54, 1.807) is 11.3 Å². The maximum absolute atomic E-state index is 12.7. The van der Waals surface area contributed by atoms with Gasteiger partial charge in [-0.25, -0.2) is 4.98 Å². The fourth-order valence-electron chi connectivity index (χ4n) is 3.23. The Hall–Kier alpha value is -2.02. The molecule has 3 aromatic rings. The molecule has 1 fully saturated rings. The molecule has 0 radical (unpaired) electrons. The molecule has 1 N–H and O–H groups in total. The SMILES string of the molecule is Cc1ccc(-c2csc3nc(CN4CCN(C)CC4)[nH]c(=O)c23)cc1. The molecule has 5 nitrogen and oxygen atoms in total. The van der Waals surface area contributed by atoms with Crippen LogP contribution in [0.5, 0.6) is 0 Å². The van der Waals surface area contributed by atoms with Crippen molar-refractivity contribution in [2.45, 2.75) is 13.5 Å². The molecule has 6 heteroatoms. The van der Waals surface area contributed by atoms with Crippen molar-refractivity contribution in [2.24, 2.45) is 0 Å². The second kappa shape index (κ2) is 6.71. The molecular formula is C19H22N4OS. The van der Waals surface area contributed by atoms with Crippen molar-refractivity contribution in [2.75, 3.05) is 33.2 Å². The highest BCUT2D eigenvalue weighted by Gasteiger charge is 2.17. The zero-order valence-corrected chi connectivity index (χ0v) is 15.4. The van der Waals surface area contributed by atoms with Crippen molar-refractivity contribution in [3.8, 4) is 11.1 Å². The van der Waals surface area contributed by atoms with Gasteiger partial charge in [-0.3, -0.25) is 9.69 Å². The van der Waals surface area contributed by atoms with E-state index in [2.05, 4.69) is 53.0 Å². The van der Waals surface area contributed by atoms with Gasteiger partial charge in [-0.2, -0.15) is 0 Å². The highest BCUT2D eigenvalue weighted by Crippen LogP contribution is 2.30. The number of H-pyrrole nitrogens is 1. The van der Waals surface area contributed by atoms with Crippen LogP contribution in [0.4, 0.5) is 0 Å². The normalized spacial score (nSPS) is 16.6. The number of piperazine rings is 1. The third-order valence-electron chi connectivity index (χ3n) is 4.82. The van der Waals surface area contributed by atoms with Crippen LogP contribution in [-0.4, -0.2) is 53.0 Å². The molecule has 3 heterocycles. The Kier molecular flexibility index (Phi) is 4.41. The maximum Gasteiger partial charge on any atom is 0.260 e. The number of thiophene rings is 1. The van der Waals surface area contributed by atoms with Gasteiger partial charge in [-0.15, -0.1) is 11.3 Å². The minimum Gasteiger partial charge on any atom is -0.309 e. The molecule has 0 aliphatic carbocycles. The lowest BCUT2D eigenvalue weighted by Gasteiger charge is -2.31. The van der Waals surface area contributed by atoms with Crippen LogP contribution in [0.3, 0.4) is 0 Å². The third kappa shape index (κ3) is 3.38. The quantitative estimate of drug-likeness (QED) is 0.786. The molecule has 1 aliphatic rings. The molecule has 0 unspecified atom stereocenters. The maximum atomic E-state index is 12.7. The number of aromatic nitrogens is 2. The predicted molar refractivity (Wildman–Crippen MR) is 103 cm³/mol. The Bertz CT molecular complexity index is 936. The van der Waals surface area contributed by atoms with E-state index in [0.29, 0.717) is 11.9 Å². The second-order valence-corrected chi connectivity index (χ2v) is 7.65. The Labute approximate surface area is 150 Å². The third-order valence-corrected chi connectivity index (χ3v) is 5.70. The van der Waals surface area contributed by atoms with Gasteiger partial charge in [0.1, 0.15) is 10.7 Å². The highest BCUT2D eigenvalue weighted by molar-refractivity contribution is 7.17. The number of hydrogen-bond acceptors (Lipinski definition) is 5. The number of aromatic amines is 1. The van der Waals surface area contributed by atoms with Crippen LogP contribution in [-0.2, 0) is 6.54 Å². The fourth-order valence-corrected chi connectivity index (χ4v) is 4.20. The Balaban J connectivity index is 1.65. The number of benzene rings is 1. The van der Waals surface area contributed by atoms with E-state index < -0.39 is 0 Å². The van der Waals surface area contributed by atoms with Crippen LogP contribution in [0, 0.1) is 6.92 Å². The van der Waals surface area contributed by atoms with E-state index in [-0.39, 0.29) is 5.56 Å². The van der Waals surface area contributed by atoms with E-state index in [9.17, 15) is 4.79 Å². The molecule has 4 rings (SSSR count). The first-order valence-electron chi connectivity index (χ1n) is 8.58. The first-order chi connectivity index (χ1) is 12.1. The number of rotatable bonds is 3. The van der Waals surface area contributed by atoms with Gasteiger partial charge >= 0.3 is 0 Å². The van der Waals surface area contributed by atoms with Crippen molar-refractivity contribution in [3.63, 3.8) is 0 Å². The first-order valence-corrected chi connectivity index (χ1v) is 9.46. The summed E-state index contributed by atoms with van der Waals surface area (Å²) < 4.78 is 0. The van der Waals surface area contributed by atoms with Crippen molar-refractivity contribution >= 4 is 21.6 Å². The zero-order valence-electron chi connectivity index (χ0n) is 14.6. The molecule has 1 aromatic carbocycles. The number of hydrogen-bond donors (Lipinski definition) is 1. The lowest BCUT2D eigenvalue weighted by atomic mass is 10.1. The summed E-state index contributed by atoms with van der Waals surface area (Å²) in [5, 5.41) is 2.74. The van der Waals surface area contributed by atoms with E-state index in [4.69, 9.17) is 4.98 Å². The summed E-state index contributed by atoms with van der Waals surface area (Å²) in [4.78, 5) is 25.9. The van der Waals surface area contributed by atoms with Crippen LogP contribution in [0.1, 0.15) is 11.4 Å². The summed E-state index contributed by atoms with van der Waals surface area (Å²) in [6.45, 7) is 6.91. The molecule has 0 bridgehead atoms. The molecule has 0 saturated carbocycles. The second-order valence-electron chi connectivity index (χ2n) is 6.79. The topological polar surface area (TPSA) is 52.2 Å². The van der Waals surface area contributed by atoms with Crippen LogP contribution >= 0.6 is 11.3 Å². The van der Waals surface area contributed by atoms with Crippen molar-refractivity contribution in [1.82, 2.24) is 19.8 Å². The number of likely N-dealkylation sites (N-methyl/N-ethyl adjacent to an activating group) is 1. The fraction of sp³-hybridized carbons (Fsp3) is 0.368.